The Hall–Kier alpha value is -4.13. The number of nitro groups is 1. The summed E-state index contributed by atoms with van der Waals surface area (Å²) in [5, 5.41) is 11.4. The molecule has 0 bridgehead atoms. The number of hydrogen-bond acceptors (Lipinski definition) is 6. The monoisotopic (exact) mass is 385 g/mol. The number of rotatable bonds is 5. The molecule has 2 aromatic heterocycles. The second kappa shape index (κ2) is 7.85. The summed E-state index contributed by atoms with van der Waals surface area (Å²) in [5.41, 5.74) is 2.93. The highest BCUT2D eigenvalue weighted by atomic mass is 16.6. The predicted molar refractivity (Wildman–Crippen MR) is 107 cm³/mol. The van der Waals surface area contributed by atoms with Gasteiger partial charge in [0.25, 0.3) is 5.69 Å². The van der Waals surface area contributed by atoms with Crippen LogP contribution in [0.5, 0.6) is 0 Å². The van der Waals surface area contributed by atoms with E-state index in [4.69, 9.17) is 4.74 Å². The fourth-order valence-corrected chi connectivity index (χ4v) is 2.93. The number of nitrogens with zero attached hydrogens (tertiary/aromatic N) is 3. The van der Waals surface area contributed by atoms with Gasteiger partial charge in [-0.25, -0.2) is 9.78 Å². The van der Waals surface area contributed by atoms with E-state index in [-0.39, 0.29) is 12.3 Å². The van der Waals surface area contributed by atoms with Gasteiger partial charge in [-0.2, -0.15) is 0 Å². The summed E-state index contributed by atoms with van der Waals surface area (Å²) in [6.07, 6.45) is 1.67. The molecule has 0 aliphatic carbocycles. The van der Waals surface area contributed by atoms with Crippen molar-refractivity contribution in [2.75, 3.05) is 0 Å². The number of pyridine rings is 2. The molecule has 0 unspecified atom stereocenters. The predicted octanol–water partition coefficient (Wildman–Crippen LogP) is 4.56. The molecule has 4 aromatic rings. The normalized spacial score (nSPS) is 10.6. The Kier molecular flexibility index (Phi) is 4.94. The number of aromatic nitrogens is 2. The SMILES string of the molecule is O=C(OCc1ccc([N+](=O)[O-])cc1)c1cc(-c2ccccn2)nc2ccccc12. The van der Waals surface area contributed by atoms with Crippen LogP contribution in [-0.4, -0.2) is 20.9 Å². The third-order valence-corrected chi connectivity index (χ3v) is 4.38. The van der Waals surface area contributed by atoms with Crippen LogP contribution in [-0.2, 0) is 11.3 Å². The van der Waals surface area contributed by atoms with Crippen LogP contribution < -0.4 is 0 Å². The fourth-order valence-electron chi connectivity index (χ4n) is 2.93. The molecule has 0 aliphatic heterocycles. The highest BCUT2D eigenvalue weighted by Crippen LogP contribution is 2.24. The van der Waals surface area contributed by atoms with Gasteiger partial charge in [0.15, 0.2) is 0 Å². The van der Waals surface area contributed by atoms with Crippen molar-refractivity contribution >= 4 is 22.6 Å². The number of fused-ring (bicyclic) bond motifs is 1. The lowest BCUT2D eigenvalue weighted by Gasteiger charge is -2.10. The highest BCUT2D eigenvalue weighted by molar-refractivity contribution is 6.04. The van der Waals surface area contributed by atoms with Gasteiger partial charge >= 0.3 is 5.97 Å². The van der Waals surface area contributed by atoms with Crippen molar-refractivity contribution in [3.63, 3.8) is 0 Å². The second-order valence-electron chi connectivity index (χ2n) is 6.29. The first kappa shape index (κ1) is 18.2. The van der Waals surface area contributed by atoms with E-state index < -0.39 is 10.9 Å². The lowest BCUT2D eigenvalue weighted by Crippen LogP contribution is -2.07. The molecule has 0 N–H and O–H groups in total. The number of non-ortho nitro benzene ring substituents is 1. The van der Waals surface area contributed by atoms with E-state index in [0.29, 0.717) is 33.4 Å². The first-order valence-corrected chi connectivity index (χ1v) is 8.83. The Morgan fingerprint density at radius 1 is 0.966 bits per heavy atom. The molecule has 0 saturated carbocycles. The number of esters is 1. The minimum absolute atomic E-state index is 0.00635. The Balaban J connectivity index is 1.63. The lowest BCUT2D eigenvalue weighted by atomic mass is 10.1. The maximum absolute atomic E-state index is 12.8. The molecule has 0 radical (unpaired) electrons. The van der Waals surface area contributed by atoms with Crippen molar-refractivity contribution in [3.8, 4) is 11.4 Å². The zero-order valence-electron chi connectivity index (χ0n) is 15.2. The molecule has 0 amide bonds. The van der Waals surface area contributed by atoms with Crippen LogP contribution in [0.2, 0.25) is 0 Å². The van der Waals surface area contributed by atoms with Crippen LogP contribution in [0.25, 0.3) is 22.3 Å². The van der Waals surface area contributed by atoms with Gasteiger partial charge in [0.1, 0.15) is 6.61 Å². The lowest BCUT2D eigenvalue weighted by molar-refractivity contribution is -0.384. The van der Waals surface area contributed by atoms with Crippen molar-refractivity contribution < 1.29 is 14.5 Å². The molecule has 0 atom stereocenters. The molecule has 0 aliphatic rings. The summed E-state index contributed by atoms with van der Waals surface area (Å²) in [4.78, 5) is 32.0. The number of benzene rings is 2. The summed E-state index contributed by atoms with van der Waals surface area (Å²) in [7, 11) is 0. The van der Waals surface area contributed by atoms with E-state index >= 15 is 0 Å². The first-order valence-electron chi connectivity index (χ1n) is 8.83. The molecule has 7 nitrogen and oxygen atoms in total. The van der Waals surface area contributed by atoms with E-state index in [2.05, 4.69) is 9.97 Å². The van der Waals surface area contributed by atoms with Crippen LogP contribution in [0, 0.1) is 10.1 Å². The second-order valence-corrected chi connectivity index (χ2v) is 6.29. The Bertz CT molecular complexity index is 1190. The third kappa shape index (κ3) is 3.93. The van der Waals surface area contributed by atoms with Gasteiger partial charge in [-0.3, -0.25) is 15.1 Å². The first-order chi connectivity index (χ1) is 14.1. The summed E-state index contributed by atoms with van der Waals surface area (Å²) < 4.78 is 5.46. The number of para-hydroxylation sites is 1. The smallest absolute Gasteiger partial charge is 0.339 e. The van der Waals surface area contributed by atoms with E-state index in [1.54, 1.807) is 24.4 Å². The molecular formula is C22H15N3O4. The number of hydrogen-bond donors (Lipinski definition) is 0. The molecule has 0 fully saturated rings. The summed E-state index contributed by atoms with van der Waals surface area (Å²) in [6, 6.07) is 20.4. The van der Waals surface area contributed by atoms with Crippen LogP contribution in [0.15, 0.2) is 79.0 Å². The van der Waals surface area contributed by atoms with Crippen molar-refractivity contribution in [1.29, 1.82) is 0 Å². The van der Waals surface area contributed by atoms with Crippen molar-refractivity contribution in [2.45, 2.75) is 6.61 Å². The zero-order valence-corrected chi connectivity index (χ0v) is 15.2. The van der Waals surface area contributed by atoms with Gasteiger partial charge in [-0.05, 0) is 42.0 Å². The van der Waals surface area contributed by atoms with E-state index in [0.717, 1.165) is 0 Å². The number of nitro benzene ring substituents is 1. The third-order valence-electron chi connectivity index (χ3n) is 4.38. The van der Waals surface area contributed by atoms with Gasteiger partial charge < -0.3 is 4.74 Å². The Morgan fingerprint density at radius 2 is 1.72 bits per heavy atom. The van der Waals surface area contributed by atoms with E-state index in [9.17, 15) is 14.9 Å². The van der Waals surface area contributed by atoms with Crippen molar-refractivity contribution in [1.82, 2.24) is 9.97 Å². The largest absolute Gasteiger partial charge is 0.457 e. The molecular weight excluding hydrogens is 370 g/mol. The molecule has 0 saturated heterocycles. The van der Waals surface area contributed by atoms with E-state index in [1.807, 2.05) is 42.5 Å². The molecule has 142 valence electrons. The topological polar surface area (TPSA) is 95.2 Å². The number of carbonyl (C=O) groups excluding carboxylic acids is 1. The molecule has 2 heterocycles. The molecule has 29 heavy (non-hydrogen) atoms. The number of ether oxygens (including phenoxy) is 1. The van der Waals surface area contributed by atoms with Crippen LogP contribution >= 0.6 is 0 Å². The Morgan fingerprint density at radius 3 is 2.45 bits per heavy atom. The van der Waals surface area contributed by atoms with Gasteiger partial charge in [0.05, 0.1) is 27.4 Å². The standard InChI is InChI=1S/C22H15N3O4/c26-22(29-14-15-8-10-16(11-9-15)25(27)28)18-13-21(20-7-3-4-12-23-20)24-19-6-2-1-5-17(18)19/h1-13H,14H2. The van der Waals surface area contributed by atoms with Crippen molar-refractivity contribution in [2.24, 2.45) is 0 Å². The summed E-state index contributed by atoms with van der Waals surface area (Å²) in [5.74, 6) is -0.501. The van der Waals surface area contributed by atoms with Gasteiger partial charge in [-0.15, -0.1) is 0 Å². The highest BCUT2D eigenvalue weighted by Gasteiger charge is 2.16. The summed E-state index contributed by atoms with van der Waals surface area (Å²) in [6.45, 7) is 0.00635. The summed E-state index contributed by atoms with van der Waals surface area (Å²) >= 11 is 0. The molecule has 2 aromatic carbocycles. The average Bonchev–Trinajstić information content (AvgIpc) is 2.77. The average molecular weight is 385 g/mol. The molecule has 0 spiro atoms. The van der Waals surface area contributed by atoms with Gasteiger partial charge in [0.2, 0.25) is 0 Å². The fraction of sp³-hybridized carbons (Fsp3) is 0.0455. The quantitative estimate of drug-likeness (QED) is 0.284. The molecule has 7 heteroatoms. The van der Waals surface area contributed by atoms with Crippen LogP contribution in [0.1, 0.15) is 15.9 Å². The van der Waals surface area contributed by atoms with Gasteiger partial charge in [-0.1, -0.05) is 24.3 Å². The number of carbonyl (C=O) groups is 1. The maximum atomic E-state index is 12.8. The zero-order chi connectivity index (χ0) is 20.2. The van der Waals surface area contributed by atoms with Crippen molar-refractivity contribution in [3.05, 3.63) is 100 Å². The van der Waals surface area contributed by atoms with E-state index in [1.165, 1.54) is 12.1 Å². The minimum atomic E-state index is -0.501. The van der Waals surface area contributed by atoms with Crippen LogP contribution in [0.3, 0.4) is 0 Å². The Labute approximate surface area is 165 Å². The minimum Gasteiger partial charge on any atom is -0.457 e. The van der Waals surface area contributed by atoms with Gasteiger partial charge in [0, 0.05) is 23.7 Å². The maximum Gasteiger partial charge on any atom is 0.339 e. The molecule has 4 rings (SSSR count). The van der Waals surface area contributed by atoms with Crippen LogP contribution in [0.4, 0.5) is 5.69 Å².